The second-order valence-corrected chi connectivity index (χ2v) is 6.73. The van der Waals surface area contributed by atoms with E-state index in [1.807, 2.05) is 30.3 Å². The summed E-state index contributed by atoms with van der Waals surface area (Å²) in [6.45, 7) is 1.90. The third-order valence-electron chi connectivity index (χ3n) is 4.59. The molecular weight excluding hydrogens is 348 g/mol. The molecule has 1 aliphatic rings. The molecule has 1 aromatic rings. The largest absolute Gasteiger partial charge is 0.493 e. The number of carboxylic acids is 1. The number of carboxylic acid groups (broad SMARTS) is 1. The number of ether oxygens (including phenoxy) is 1. The van der Waals surface area contributed by atoms with E-state index in [4.69, 9.17) is 9.84 Å². The Bertz CT molecular complexity index is 620. The number of rotatable bonds is 10. The van der Waals surface area contributed by atoms with Gasteiger partial charge in [0, 0.05) is 26.1 Å². The highest BCUT2D eigenvalue weighted by Crippen LogP contribution is 2.18. The number of benzene rings is 1. The van der Waals surface area contributed by atoms with Gasteiger partial charge in [0.25, 0.3) is 0 Å². The van der Waals surface area contributed by atoms with E-state index >= 15 is 0 Å². The van der Waals surface area contributed by atoms with Crippen molar-refractivity contribution in [2.45, 2.75) is 38.5 Å². The van der Waals surface area contributed by atoms with Crippen LogP contribution in [0.15, 0.2) is 30.3 Å². The van der Waals surface area contributed by atoms with Gasteiger partial charge in [0.1, 0.15) is 5.75 Å². The number of unbranched alkanes of at least 4 members (excludes halogenated alkanes) is 1. The first kappa shape index (κ1) is 20.7. The number of amides is 2. The van der Waals surface area contributed by atoms with Crippen LogP contribution in [-0.4, -0.2) is 54.0 Å². The monoisotopic (exact) mass is 376 g/mol. The average molecular weight is 376 g/mol. The van der Waals surface area contributed by atoms with Gasteiger partial charge in [-0.1, -0.05) is 18.2 Å². The number of carbonyl (C=O) groups is 3. The van der Waals surface area contributed by atoms with E-state index < -0.39 is 5.97 Å². The molecule has 0 spiro atoms. The molecule has 2 N–H and O–H groups in total. The average Bonchev–Trinajstić information content (AvgIpc) is 2.68. The third-order valence-corrected chi connectivity index (χ3v) is 4.59. The van der Waals surface area contributed by atoms with Crippen LogP contribution in [0.25, 0.3) is 0 Å². The van der Waals surface area contributed by atoms with E-state index in [0.717, 1.165) is 18.6 Å². The predicted molar refractivity (Wildman–Crippen MR) is 100 cm³/mol. The van der Waals surface area contributed by atoms with Crippen molar-refractivity contribution < 1.29 is 24.2 Å². The van der Waals surface area contributed by atoms with E-state index in [1.165, 1.54) is 0 Å². The molecule has 0 aromatic heterocycles. The molecule has 1 aliphatic heterocycles. The summed E-state index contributed by atoms with van der Waals surface area (Å²) in [4.78, 5) is 36.9. The highest BCUT2D eigenvalue weighted by molar-refractivity contribution is 5.81. The Labute approximate surface area is 159 Å². The van der Waals surface area contributed by atoms with Crippen LogP contribution in [0.3, 0.4) is 0 Å². The molecule has 7 nitrogen and oxygen atoms in total. The smallest absolute Gasteiger partial charge is 0.303 e. The summed E-state index contributed by atoms with van der Waals surface area (Å²) in [5.41, 5.74) is 0. The van der Waals surface area contributed by atoms with Crippen LogP contribution in [0.5, 0.6) is 5.75 Å². The number of hydrogen-bond donors (Lipinski definition) is 2. The van der Waals surface area contributed by atoms with Gasteiger partial charge in [-0.25, -0.2) is 0 Å². The number of piperidine rings is 1. The van der Waals surface area contributed by atoms with Crippen molar-refractivity contribution >= 4 is 17.8 Å². The van der Waals surface area contributed by atoms with Crippen LogP contribution < -0.4 is 10.1 Å². The molecule has 2 rings (SSSR count). The number of aliphatic carboxylic acids is 1. The molecular formula is C20H28N2O5. The fourth-order valence-corrected chi connectivity index (χ4v) is 3.11. The first-order valence-electron chi connectivity index (χ1n) is 9.51. The maximum atomic E-state index is 12.4. The summed E-state index contributed by atoms with van der Waals surface area (Å²) >= 11 is 0. The number of nitrogens with zero attached hydrogens (tertiary/aromatic N) is 1. The minimum atomic E-state index is -0.820. The van der Waals surface area contributed by atoms with Crippen LogP contribution in [0, 0.1) is 5.92 Å². The summed E-state index contributed by atoms with van der Waals surface area (Å²) < 4.78 is 5.57. The number of likely N-dealkylation sites (tertiary alicyclic amines) is 1. The van der Waals surface area contributed by atoms with E-state index in [1.54, 1.807) is 4.90 Å². The predicted octanol–water partition coefficient (Wildman–Crippen LogP) is 2.07. The number of carbonyl (C=O) groups excluding carboxylic acids is 2. The lowest BCUT2D eigenvalue weighted by molar-refractivity contribution is -0.137. The Hall–Kier alpha value is -2.57. The topological polar surface area (TPSA) is 95.9 Å². The molecule has 0 saturated carbocycles. The first-order chi connectivity index (χ1) is 13.1. The molecule has 1 fully saturated rings. The van der Waals surface area contributed by atoms with E-state index in [0.29, 0.717) is 45.5 Å². The summed E-state index contributed by atoms with van der Waals surface area (Å²) in [6.07, 6.45) is 3.18. The van der Waals surface area contributed by atoms with E-state index in [2.05, 4.69) is 5.32 Å². The summed E-state index contributed by atoms with van der Waals surface area (Å²) in [7, 11) is 0. The van der Waals surface area contributed by atoms with E-state index in [-0.39, 0.29) is 24.2 Å². The highest BCUT2D eigenvalue weighted by Gasteiger charge is 2.28. The summed E-state index contributed by atoms with van der Waals surface area (Å²) in [5.74, 6) is -0.325. The number of nitrogens with one attached hydrogen (secondary N) is 1. The van der Waals surface area contributed by atoms with Gasteiger partial charge in [0.05, 0.1) is 18.9 Å². The zero-order valence-electron chi connectivity index (χ0n) is 15.6. The Kier molecular flexibility index (Phi) is 8.61. The second-order valence-electron chi connectivity index (χ2n) is 6.73. The molecule has 0 radical (unpaired) electrons. The molecule has 1 aromatic carbocycles. The Morgan fingerprint density at radius 1 is 1.15 bits per heavy atom. The molecule has 2 amide bonds. The van der Waals surface area contributed by atoms with Gasteiger partial charge < -0.3 is 20.1 Å². The lowest BCUT2D eigenvalue weighted by Gasteiger charge is -2.32. The second kappa shape index (κ2) is 11.2. The van der Waals surface area contributed by atoms with Crippen molar-refractivity contribution in [3.8, 4) is 5.75 Å². The van der Waals surface area contributed by atoms with Crippen LogP contribution in [0.2, 0.25) is 0 Å². The van der Waals surface area contributed by atoms with Crippen molar-refractivity contribution in [2.75, 3.05) is 26.2 Å². The van der Waals surface area contributed by atoms with Crippen molar-refractivity contribution in [1.29, 1.82) is 0 Å². The number of para-hydroxylation sites is 1. The van der Waals surface area contributed by atoms with Gasteiger partial charge in [-0.3, -0.25) is 14.4 Å². The quantitative estimate of drug-likeness (QED) is 0.610. The molecule has 1 unspecified atom stereocenters. The zero-order chi connectivity index (χ0) is 19.5. The molecule has 1 atom stereocenters. The Morgan fingerprint density at radius 2 is 1.93 bits per heavy atom. The SMILES string of the molecule is O=C(O)CCCCNC(=O)C1CCCN(C(=O)CCOc2ccccc2)C1. The van der Waals surface area contributed by atoms with Crippen molar-refractivity contribution in [3.05, 3.63) is 30.3 Å². The van der Waals surface area contributed by atoms with Gasteiger partial charge in [-0.15, -0.1) is 0 Å². The zero-order valence-corrected chi connectivity index (χ0v) is 15.6. The molecule has 1 heterocycles. The van der Waals surface area contributed by atoms with Gasteiger partial charge in [-0.05, 0) is 37.8 Å². The maximum Gasteiger partial charge on any atom is 0.303 e. The van der Waals surface area contributed by atoms with Crippen LogP contribution in [0.4, 0.5) is 0 Å². The maximum absolute atomic E-state index is 12.4. The lowest BCUT2D eigenvalue weighted by Crippen LogP contribution is -2.45. The Morgan fingerprint density at radius 3 is 2.67 bits per heavy atom. The van der Waals surface area contributed by atoms with Gasteiger partial charge >= 0.3 is 5.97 Å². The minimum absolute atomic E-state index is 0.00453. The van der Waals surface area contributed by atoms with Crippen LogP contribution in [0.1, 0.15) is 38.5 Å². The van der Waals surface area contributed by atoms with Crippen LogP contribution in [-0.2, 0) is 14.4 Å². The molecule has 1 saturated heterocycles. The summed E-state index contributed by atoms with van der Waals surface area (Å²) in [6, 6.07) is 9.37. The lowest BCUT2D eigenvalue weighted by atomic mass is 9.97. The molecule has 0 aliphatic carbocycles. The fourth-order valence-electron chi connectivity index (χ4n) is 3.11. The molecule has 0 bridgehead atoms. The Balaban J connectivity index is 1.67. The first-order valence-corrected chi connectivity index (χ1v) is 9.51. The normalized spacial score (nSPS) is 16.6. The van der Waals surface area contributed by atoms with Crippen molar-refractivity contribution in [3.63, 3.8) is 0 Å². The minimum Gasteiger partial charge on any atom is -0.493 e. The summed E-state index contributed by atoms with van der Waals surface area (Å²) in [5, 5.41) is 11.5. The third kappa shape index (κ3) is 7.68. The molecule has 148 valence electrons. The van der Waals surface area contributed by atoms with Crippen molar-refractivity contribution in [1.82, 2.24) is 10.2 Å². The van der Waals surface area contributed by atoms with Gasteiger partial charge in [-0.2, -0.15) is 0 Å². The number of hydrogen-bond acceptors (Lipinski definition) is 4. The van der Waals surface area contributed by atoms with Gasteiger partial charge in [0.15, 0.2) is 0 Å². The molecule has 27 heavy (non-hydrogen) atoms. The molecule has 7 heteroatoms. The fraction of sp³-hybridized carbons (Fsp3) is 0.550. The highest BCUT2D eigenvalue weighted by atomic mass is 16.5. The van der Waals surface area contributed by atoms with E-state index in [9.17, 15) is 14.4 Å². The standard InChI is InChI=1S/C20H28N2O5/c23-18(11-14-27-17-8-2-1-3-9-17)22-13-6-7-16(15-22)20(26)21-12-5-4-10-19(24)25/h1-3,8-9,16H,4-7,10-15H2,(H,21,26)(H,24,25). The van der Waals surface area contributed by atoms with Crippen molar-refractivity contribution in [2.24, 2.45) is 5.92 Å². The van der Waals surface area contributed by atoms with Crippen LogP contribution >= 0.6 is 0 Å². The van der Waals surface area contributed by atoms with Gasteiger partial charge in [0.2, 0.25) is 11.8 Å².